The van der Waals surface area contributed by atoms with Gasteiger partial charge in [-0.1, -0.05) is 6.07 Å². The number of benzene rings is 1. The van der Waals surface area contributed by atoms with Gasteiger partial charge in [-0.3, -0.25) is 4.79 Å². The Morgan fingerprint density at radius 3 is 2.41 bits per heavy atom. The minimum Gasteiger partial charge on any atom is -0.326 e. The minimum absolute atomic E-state index is 0.00611. The Hall–Kier alpha value is -1.56. The Balaban J connectivity index is 3.01. The number of nitrogens with two attached hydrogens (primary N) is 1. The summed E-state index contributed by atoms with van der Waals surface area (Å²) in [6, 6.07) is 2.13. The van der Waals surface area contributed by atoms with Crippen molar-refractivity contribution in [3.05, 3.63) is 29.3 Å². The molecule has 6 heteroatoms. The Bertz CT molecular complexity index is 429. The highest BCUT2D eigenvalue weighted by atomic mass is 19.4. The maximum atomic E-state index is 12.4. The van der Waals surface area contributed by atoms with Crippen LogP contribution in [-0.4, -0.2) is 12.1 Å². The number of amides is 1. The van der Waals surface area contributed by atoms with Crippen molar-refractivity contribution in [2.24, 2.45) is 5.73 Å². The summed E-state index contributed by atoms with van der Waals surface area (Å²) >= 11 is 0. The molecule has 1 aromatic carbocycles. The number of hydrogen-bond acceptors (Lipinski definition) is 2. The van der Waals surface area contributed by atoms with Gasteiger partial charge in [-0.2, -0.15) is 13.2 Å². The van der Waals surface area contributed by atoms with Crippen LogP contribution in [0.5, 0.6) is 0 Å². The first-order valence-electron chi connectivity index (χ1n) is 4.92. The molecule has 0 radical (unpaired) electrons. The molecule has 3 nitrogen and oxygen atoms in total. The Kier molecular flexibility index (Phi) is 3.77. The predicted octanol–water partition coefficient (Wildman–Crippen LogP) is 2.52. The summed E-state index contributed by atoms with van der Waals surface area (Å²) in [6.07, 6.45) is -4.47. The molecule has 0 aliphatic heterocycles. The number of carbonyl (C=O) groups excluding carboxylic acids is 1. The normalized spacial score (nSPS) is 13.3. The van der Waals surface area contributed by atoms with Gasteiger partial charge in [-0.05, 0) is 30.2 Å². The zero-order chi connectivity index (χ0) is 13.2. The lowest BCUT2D eigenvalue weighted by atomic mass is 10.0. The number of carbonyl (C=O) groups is 1. The fourth-order valence-electron chi connectivity index (χ4n) is 1.48. The summed E-state index contributed by atoms with van der Waals surface area (Å²) < 4.78 is 37.3. The number of nitrogens with one attached hydrogen (secondary N) is 1. The van der Waals surface area contributed by atoms with Crippen LogP contribution in [0.2, 0.25) is 0 Å². The number of hydrogen-bond donors (Lipinski definition) is 2. The van der Waals surface area contributed by atoms with E-state index in [0.29, 0.717) is 11.3 Å². The Morgan fingerprint density at radius 2 is 2.00 bits per heavy atom. The van der Waals surface area contributed by atoms with Crippen LogP contribution in [0.15, 0.2) is 18.2 Å². The monoisotopic (exact) mass is 246 g/mol. The lowest BCUT2D eigenvalue weighted by Crippen LogP contribution is -2.29. The SMILES string of the molecule is CC(=O)Nc1ccc([C@H](N)C(F)(F)F)c(C)c1. The van der Waals surface area contributed by atoms with Gasteiger partial charge in [0.05, 0.1) is 0 Å². The molecule has 1 atom stereocenters. The fourth-order valence-corrected chi connectivity index (χ4v) is 1.48. The standard InChI is InChI=1S/C11H13F3N2O/c1-6-5-8(16-7(2)17)3-4-9(6)10(15)11(12,13)14/h3-5,10H,15H2,1-2H3,(H,16,17)/t10-/m0/s1. The van der Waals surface area contributed by atoms with E-state index in [9.17, 15) is 18.0 Å². The van der Waals surface area contributed by atoms with Crippen LogP contribution in [0.3, 0.4) is 0 Å². The molecule has 0 unspecified atom stereocenters. The largest absolute Gasteiger partial charge is 0.407 e. The summed E-state index contributed by atoms with van der Waals surface area (Å²) in [6.45, 7) is 2.84. The summed E-state index contributed by atoms with van der Waals surface area (Å²) in [5.41, 5.74) is 5.96. The van der Waals surface area contributed by atoms with E-state index in [1.165, 1.54) is 32.0 Å². The van der Waals surface area contributed by atoms with Crippen molar-refractivity contribution in [2.75, 3.05) is 5.32 Å². The van der Waals surface area contributed by atoms with Crippen molar-refractivity contribution in [1.82, 2.24) is 0 Å². The van der Waals surface area contributed by atoms with E-state index in [4.69, 9.17) is 5.73 Å². The van der Waals surface area contributed by atoms with Crippen LogP contribution in [0.1, 0.15) is 24.1 Å². The molecule has 1 aromatic rings. The molecule has 1 amide bonds. The number of anilines is 1. The summed E-state index contributed by atoms with van der Waals surface area (Å²) in [7, 11) is 0. The molecule has 3 N–H and O–H groups in total. The predicted molar refractivity (Wildman–Crippen MR) is 58.5 cm³/mol. The fraction of sp³-hybridized carbons (Fsp3) is 0.364. The number of halogens is 3. The molecule has 0 saturated carbocycles. The quantitative estimate of drug-likeness (QED) is 0.842. The van der Waals surface area contributed by atoms with Crippen LogP contribution in [0, 0.1) is 6.92 Å². The van der Waals surface area contributed by atoms with Crippen molar-refractivity contribution < 1.29 is 18.0 Å². The van der Waals surface area contributed by atoms with Crippen LogP contribution in [-0.2, 0) is 4.79 Å². The summed E-state index contributed by atoms with van der Waals surface area (Å²) in [5, 5.41) is 2.49. The van der Waals surface area contributed by atoms with Crippen molar-refractivity contribution in [1.29, 1.82) is 0 Å². The maximum absolute atomic E-state index is 12.4. The van der Waals surface area contributed by atoms with Gasteiger partial charge in [0.2, 0.25) is 5.91 Å². The third kappa shape index (κ3) is 3.45. The summed E-state index contributed by atoms with van der Waals surface area (Å²) in [4.78, 5) is 10.8. The first-order chi connectivity index (χ1) is 7.71. The van der Waals surface area contributed by atoms with Gasteiger partial charge in [0.15, 0.2) is 0 Å². The molecule has 0 fully saturated rings. The molecular formula is C11H13F3N2O. The van der Waals surface area contributed by atoms with Gasteiger partial charge >= 0.3 is 6.18 Å². The van der Waals surface area contributed by atoms with E-state index in [0.717, 1.165) is 0 Å². The lowest BCUT2D eigenvalue weighted by molar-refractivity contribution is -0.149. The van der Waals surface area contributed by atoms with Crippen molar-refractivity contribution in [3.8, 4) is 0 Å². The highest BCUT2D eigenvalue weighted by Crippen LogP contribution is 2.32. The topological polar surface area (TPSA) is 55.1 Å². The molecule has 94 valence electrons. The van der Waals surface area contributed by atoms with Gasteiger partial charge in [0, 0.05) is 12.6 Å². The average Bonchev–Trinajstić information content (AvgIpc) is 2.14. The molecule has 0 bridgehead atoms. The highest BCUT2D eigenvalue weighted by Gasteiger charge is 2.38. The second kappa shape index (κ2) is 4.75. The van der Waals surface area contributed by atoms with Crippen molar-refractivity contribution in [2.45, 2.75) is 26.1 Å². The molecule has 0 heterocycles. The summed E-state index contributed by atoms with van der Waals surface area (Å²) in [5.74, 6) is -0.280. The average molecular weight is 246 g/mol. The Morgan fingerprint density at radius 1 is 1.41 bits per heavy atom. The minimum atomic E-state index is -4.47. The lowest BCUT2D eigenvalue weighted by Gasteiger charge is -2.18. The first kappa shape index (κ1) is 13.5. The van der Waals surface area contributed by atoms with Crippen molar-refractivity contribution >= 4 is 11.6 Å². The van der Waals surface area contributed by atoms with Gasteiger partial charge < -0.3 is 11.1 Å². The van der Waals surface area contributed by atoms with E-state index in [1.807, 2.05) is 0 Å². The first-order valence-corrected chi connectivity index (χ1v) is 4.92. The van der Waals surface area contributed by atoms with Gasteiger partial charge in [0.1, 0.15) is 6.04 Å². The number of alkyl halides is 3. The van der Waals surface area contributed by atoms with E-state index >= 15 is 0 Å². The molecule has 0 aromatic heterocycles. The second-order valence-corrected chi connectivity index (χ2v) is 3.77. The van der Waals surface area contributed by atoms with Gasteiger partial charge in [-0.15, -0.1) is 0 Å². The molecule has 0 saturated heterocycles. The third-order valence-corrected chi connectivity index (χ3v) is 2.28. The number of aryl methyl sites for hydroxylation is 1. The van der Waals surface area contributed by atoms with Crippen LogP contribution in [0.4, 0.5) is 18.9 Å². The van der Waals surface area contributed by atoms with E-state index in [1.54, 1.807) is 0 Å². The van der Waals surface area contributed by atoms with Crippen LogP contribution < -0.4 is 11.1 Å². The zero-order valence-corrected chi connectivity index (χ0v) is 9.43. The maximum Gasteiger partial charge on any atom is 0.407 e. The molecule has 0 spiro atoms. The molecular weight excluding hydrogens is 233 g/mol. The van der Waals surface area contributed by atoms with Crippen LogP contribution >= 0.6 is 0 Å². The molecule has 17 heavy (non-hydrogen) atoms. The molecule has 1 rings (SSSR count). The molecule has 0 aliphatic carbocycles. The van der Waals surface area contributed by atoms with Crippen molar-refractivity contribution in [3.63, 3.8) is 0 Å². The van der Waals surface area contributed by atoms with E-state index in [2.05, 4.69) is 5.32 Å². The third-order valence-electron chi connectivity index (χ3n) is 2.28. The Labute approximate surface area is 96.8 Å². The van der Waals surface area contributed by atoms with E-state index < -0.39 is 12.2 Å². The van der Waals surface area contributed by atoms with E-state index in [-0.39, 0.29) is 11.5 Å². The zero-order valence-electron chi connectivity index (χ0n) is 9.43. The number of rotatable bonds is 2. The second-order valence-electron chi connectivity index (χ2n) is 3.77. The highest BCUT2D eigenvalue weighted by molar-refractivity contribution is 5.88. The smallest absolute Gasteiger partial charge is 0.326 e. The van der Waals surface area contributed by atoms with Gasteiger partial charge in [-0.25, -0.2) is 0 Å². The van der Waals surface area contributed by atoms with Gasteiger partial charge in [0.25, 0.3) is 0 Å². The van der Waals surface area contributed by atoms with Crippen LogP contribution in [0.25, 0.3) is 0 Å². The molecule has 0 aliphatic rings.